The Labute approximate surface area is 178 Å². The van der Waals surface area contributed by atoms with Crippen LogP contribution >= 0.6 is 0 Å². The van der Waals surface area contributed by atoms with E-state index in [-0.39, 0.29) is 5.75 Å². The van der Waals surface area contributed by atoms with Crippen molar-refractivity contribution in [2.75, 3.05) is 0 Å². The van der Waals surface area contributed by atoms with Crippen LogP contribution in [0.15, 0.2) is 53.5 Å². The van der Waals surface area contributed by atoms with Crippen LogP contribution in [0.4, 0.5) is 5.69 Å². The summed E-state index contributed by atoms with van der Waals surface area (Å²) in [7, 11) is 0. The SMILES string of the molecule is CCCCCCCCCCCCCCc1ccc(N=Cc2ccc(O)cc2)cc1. The summed E-state index contributed by atoms with van der Waals surface area (Å²) in [4.78, 5) is 4.51. The quantitative estimate of drug-likeness (QED) is 0.239. The maximum Gasteiger partial charge on any atom is 0.115 e. The second-order valence-corrected chi connectivity index (χ2v) is 8.16. The summed E-state index contributed by atoms with van der Waals surface area (Å²) in [6.45, 7) is 2.28. The normalized spacial score (nSPS) is 11.3. The molecule has 2 rings (SSSR count). The standard InChI is InChI=1S/C27H39NO/c1-2-3-4-5-6-7-8-9-10-11-12-13-14-24-15-19-26(20-16-24)28-23-25-17-21-27(29)22-18-25/h15-23,29H,2-14H2,1H3. The Morgan fingerprint density at radius 2 is 1.17 bits per heavy atom. The lowest BCUT2D eigenvalue weighted by molar-refractivity contribution is 0.475. The first-order valence-electron chi connectivity index (χ1n) is 11.7. The number of unbranched alkanes of at least 4 members (excludes halogenated alkanes) is 11. The summed E-state index contributed by atoms with van der Waals surface area (Å²) >= 11 is 0. The number of rotatable bonds is 15. The van der Waals surface area contributed by atoms with Gasteiger partial charge in [0, 0.05) is 6.21 Å². The van der Waals surface area contributed by atoms with Crippen molar-refractivity contribution >= 4 is 11.9 Å². The van der Waals surface area contributed by atoms with E-state index in [0.717, 1.165) is 11.3 Å². The Bertz CT molecular complexity index is 673. The molecule has 0 bridgehead atoms. The number of phenols is 1. The minimum absolute atomic E-state index is 0.282. The fourth-order valence-electron chi connectivity index (χ4n) is 3.63. The van der Waals surface area contributed by atoms with Crippen molar-refractivity contribution < 1.29 is 5.11 Å². The highest BCUT2D eigenvalue weighted by Gasteiger charge is 1.97. The summed E-state index contributed by atoms with van der Waals surface area (Å²) in [5.41, 5.74) is 3.36. The van der Waals surface area contributed by atoms with Gasteiger partial charge in [-0.3, -0.25) is 4.99 Å². The molecule has 0 aliphatic rings. The Kier molecular flexibility index (Phi) is 11.9. The monoisotopic (exact) mass is 393 g/mol. The van der Waals surface area contributed by atoms with E-state index in [1.807, 2.05) is 18.3 Å². The molecule has 0 heterocycles. The Morgan fingerprint density at radius 3 is 1.72 bits per heavy atom. The average molecular weight is 394 g/mol. The summed E-state index contributed by atoms with van der Waals surface area (Å²) in [6, 6.07) is 15.7. The van der Waals surface area contributed by atoms with Crippen LogP contribution in [0.25, 0.3) is 0 Å². The Balaban J connectivity index is 1.51. The fraction of sp³-hybridized carbons (Fsp3) is 0.519. The van der Waals surface area contributed by atoms with E-state index in [4.69, 9.17) is 0 Å². The molecule has 2 heteroatoms. The van der Waals surface area contributed by atoms with E-state index in [2.05, 4.69) is 36.2 Å². The number of aryl methyl sites for hydroxylation is 1. The van der Waals surface area contributed by atoms with Gasteiger partial charge in [0.2, 0.25) is 0 Å². The summed E-state index contributed by atoms with van der Waals surface area (Å²) in [5.74, 6) is 0.282. The van der Waals surface area contributed by atoms with Crippen molar-refractivity contribution in [1.82, 2.24) is 0 Å². The van der Waals surface area contributed by atoms with Crippen LogP contribution in [0.5, 0.6) is 5.75 Å². The molecule has 0 spiro atoms. The second kappa shape index (κ2) is 14.8. The first kappa shape index (κ1) is 23.2. The summed E-state index contributed by atoms with van der Waals surface area (Å²) < 4.78 is 0. The van der Waals surface area contributed by atoms with Crippen LogP contribution in [0.2, 0.25) is 0 Å². The third-order valence-corrected chi connectivity index (χ3v) is 5.51. The molecule has 29 heavy (non-hydrogen) atoms. The molecule has 158 valence electrons. The summed E-state index contributed by atoms with van der Waals surface area (Å²) in [5, 5.41) is 9.31. The van der Waals surface area contributed by atoms with Crippen molar-refractivity contribution in [2.24, 2.45) is 4.99 Å². The number of phenolic OH excluding ortho intramolecular Hbond substituents is 1. The topological polar surface area (TPSA) is 32.6 Å². The van der Waals surface area contributed by atoms with E-state index < -0.39 is 0 Å². The minimum atomic E-state index is 0.282. The molecule has 2 aromatic rings. The van der Waals surface area contributed by atoms with Gasteiger partial charge in [-0.2, -0.15) is 0 Å². The highest BCUT2D eigenvalue weighted by atomic mass is 16.3. The first-order valence-corrected chi connectivity index (χ1v) is 11.7. The third-order valence-electron chi connectivity index (χ3n) is 5.51. The highest BCUT2D eigenvalue weighted by molar-refractivity contribution is 5.82. The number of aliphatic imine (C=N–C) groups is 1. The second-order valence-electron chi connectivity index (χ2n) is 8.16. The number of hydrogen-bond acceptors (Lipinski definition) is 2. The molecule has 0 saturated carbocycles. The van der Waals surface area contributed by atoms with Gasteiger partial charge in [0.05, 0.1) is 5.69 Å². The molecule has 0 fully saturated rings. The van der Waals surface area contributed by atoms with Crippen LogP contribution in [0, 0.1) is 0 Å². The zero-order valence-electron chi connectivity index (χ0n) is 18.3. The van der Waals surface area contributed by atoms with Gasteiger partial charge in [-0.05, 0) is 60.4 Å². The van der Waals surface area contributed by atoms with Gasteiger partial charge in [0.25, 0.3) is 0 Å². The fourth-order valence-corrected chi connectivity index (χ4v) is 3.63. The van der Waals surface area contributed by atoms with Crippen LogP contribution < -0.4 is 0 Å². The first-order chi connectivity index (χ1) is 14.3. The zero-order valence-corrected chi connectivity index (χ0v) is 18.3. The minimum Gasteiger partial charge on any atom is -0.508 e. The average Bonchev–Trinajstić information content (AvgIpc) is 2.75. The van der Waals surface area contributed by atoms with Crippen molar-refractivity contribution in [3.8, 4) is 5.75 Å². The smallest absolute Gasteiger partial charge is 0.115 e. The predicted octanol–water partition coefficient (Wildman–Crippen LogP) is 8.39. The number of aromatic hydroxyl groups is 1. The van der Waals surface area contributed by atoms with Gasteiger partial charge in [-0.15, -0.1) is 0 Å². The summed E-state index contributed by atoms with van der Waals surface area (Å²) in [6.07, 6.45) is 19.8. The van der Waals surface area contributed by atoms with E-state index in [9.17, 15) is 5.11 Å². The van der Waals surface area contributed by atoms with Gasteiger partial charge in [0.1, 0.15) is 5.75 Å². The lowest BCUT2D eigenvalue weighted by atomic mass is 10.0. The highest BCUT2D eigenvalue weighted by Crippen LogP contribution is 2.17. The Hall–Kier alpha value is -2.09. The van der Waals surface area contributed by atoms with Gasteiger partial charge in [0.15, 0.2) is 0 Å². The molecule has 0 amide bonds. The molecule has 0 unspecified atom stereocenters. The zero-order chi connectivity index (χ0) is 20.6. The molecule has 0 radical (unpaired) electrons. The number of hydrogen-bond donors (Lipinski definition) is 1. The van der Waals surface area contributed by atoms with Gasteiger partial charge >= 0.3 is 0 Å². The van der Waals surface area contributed by atoms with Crippen molar-refractivity contribution in [2.45, 2.75) is 90.4 Å². The molecular weight excluding hydrogens is 354 g/mol. The molecule has 0 aliphatic heterocycles. The van der Waals surface area contributed by atoms with Crippen molar-refractivity contribution in [3.05, 3.63) is 59.7 Å². The lowest BCUT2D eigenvalue weighted by Gasteiger charge is -2.04. The molecule has 1 N–H and O–H groups in total. The number of nitrogens with zero attached hydrogens (tertiary/aromatic N) is 1. The third kappa shape index (κ3) is 10.9. The van der Waals surface area contributed by atoms with Gasteiger partial charge in [-0.25, -0.2) is 0 Å². The predicted molar refractivity (Wildman–Crippen MR) is 127 cm³/mol. The van der Waals surface area contributed by atoms with Crippen LogP contribution in [-0.4, -0.2) is 11.3 Å². The molecule has 0 aromatic heterocycles. The number of benzene rings is 2. The molecule has 0 saturated heterocycles. The maximum atomic E-state index is 9.31. The largest absolute Gasteiger partial charge is 0.508 e. The van der Waals surface area contributed by atoms with E-state index in [0.29, 0.717) is 0 Å². The molecular formula is C27H39NO. The van der Waals surface area contributed by atoms with E-state index in [1.54, 1.807) is 12.1 Å². The van der Waals surface area contributed by atoms with Crippen molar-refractivity contribution in [1.29, 1.82) is 0 Å². The van der Waals surface area contributed by atoms with Gasteiger partial charge in [-0.1, -0.05) is 89.7 Å². The van der Waals surface area contributed by atoms with E-state index in [1.165, 1.54) is 89.0 Å². The molecule has 0 atom stereocenters. The lowest BCUT2D eigenvalue weighted by Crippen LogP contribution is -1.86. The van der Waals surface area contributed by atoms with Crippen molar-refractivity contribution in [3.63, 3.8) is 0 Å². The molecule has 2 aromatic carbocycles. The van der Waals surface area contributed by atoms with E-state index >= 15 is 0 Å². The van der Waals surface area contributed by atoms with Crippen LogP contribution in [0.1, 0.15) is 95.1 Å². The maximum absolute atomic E-state index is 9.31. The Morgan fingerprint density at radius 1 is 0.655 bits per heavy atom. The van der Waals surface area contributed by atoms with Gasteiger partial charge < -0.3 is 5.11 Å². The molecule has 2 nitrogen and oxygen atoms in total. The molecule has 0 aliphatic carbocycles. The van der Waals surface area contributed by atoms with Crippen LogP contribution in [-0.2, 0) is 6.42 Å². The van der Waals surface area contributed by atoms with Crippen LogP contribution in [0.3, 0.4) is 0 Å².